The Balaban J connectivity index is 1.92. The van der Waals surface area contributed by atoms with Crippen molar-refractivity contribution in [2.24, 2.45) is 17.6 Å². The van der Waals surface area contributed by atoms with Gasteiger partial charge in [-0.2, -0.15) is 0 Å². The zero-order chi connectivity index (χ0) is 30.7. The van der Waals surface area contributed by atoms with Gasteiger partial charge in [0, 0.05) is 31.3 Å². The normalized spacial score (nSPS) is 26.3. The summed E-state index contributed by atoms with van der Waals surface area (Å²) < 4.78 is 5.02. The van der Waals surface area contributed by atoms with Crippen molar-refractivity contribution in [2.45, 2.75) is 44.4 Å². The number of benzene rings is 1. The molecule has 222 valence electrons. The minimum Gasteiger partial charge on any atom is -0.510 e. The van der Waals surface area contributed by atoms with Crippen LogP contribution in [-0.4, -0.2) is 101 Å². The number of aliphatic hydroxyl groups excluding tert-OH is 2. The van der Waals surface area contributed by atoms with Crippen LogP contribution in [0.1, 0.15) is 36.2 Å². The molecule has 0 bridgehead atoms. The molecule has 13 nitrogen and oxygen atoms in total. The number of primary amides is 1. The van der Waals surface area contributed by atoms with Gasteiger partial charge in [-0.1, -0.05) is 0 Å². The number of aliphatic hydroxyl groups is 3. The first kappa shape index (κ1) is 29.9. The van der Waals surface area contributed by atoms with Gasteiger partial charge in [-0.05, 0) is 58.3 Å². The molecule has 3 aliphatic rings. The number of anilines is 2. The fraction of sp³-hybridized carbons (Fsp3) is 0.500. The molecule has 0 saturated carbocycles. The fourth-order valence-electron chi connectivity index (χ4n) is 6.37. The largest absolute Gasteiger partial charge is 0.510 e. The summed E-state index contributed by atoms with van der Waals surface area (Å²) in [6.07, 6.45) is 0.128. The van der Waals surface area contributed by atoms with Gasteiger partial charge < -0.3 is 41.1 Å². The fourth-order valence-corrected chi connectivity index (χ4v) is 6.37. The first-order chi connectivity index (χ1) is 19.1. The van der Waals surface area contributed by atoms with Gasteiger partial charge in [0.05, 0.1) is 23.9 Å². The Labute approximate surface area is 236 Å². The molecule has 7 N–H and O–H groups in total. The lowest BCUT2D eigenvalue weighted by atomic mass is 9.58. The SMILES string of the molecule is CCOC(=O)C(C)Nc1cc(N(C)C)c2c(c1O)C(=O)C1=C(O)[C@]3(O)C(=O)C(C(N)=O)=C(O)[C@@H](N(C)C)[C@@H]3C[C@@H]1C2. The number of hydrogen-bond acceptors (Lipinski definition) is 12. The summed E-state index contributed by atoms with van der Waals surface area (Å²) >= 11 is 0. The van der Waals surface area contributed by atoms with Crippen LogP contribution in [0.3, 0.4) is 0 Å². The van der Waals surface area contributed by atoms with E-state index in [2.05, 4.69) is 5.32 Å². The number of rotatable bonds is 7. The highest BCUT2D eigenvalue weighted by Crippen LogP contribution is 2.54. The van der Waals surface area contributed by atoms with E-state index in [0.717, 1.165) is 0 Å². The number of nitrogens with two attached hydrogens (primary N) is 1. The monoisotopic (exact) mass is 572 g/mol. The number of ketones is 2. The van der Waals surface area contributed by atoms with Gasteiger partial charge in [-0.15, -0.1) is 0 Å². The van der Waals surface area contributed by atoms with E-state index in [0.29, 0.717) is 11.3 Å². The number of Topliss-reactive ketones (excluding diaryl/α,β-unsaturated/α-hetero) is 2. The summed E-state index contributed by atoms with van der Waals surface area (Å²) in [5.41, 5.74) is 2.46. The molecule has 0 spiro atoms. The van der Waals surface area contributed by atoms with Crippen LogP contribution in [0.15, 0.2) is 28.7 Å². The van der Waals surface area contributed by atoms with Crippen LogP contribution >= 0.6 is 0 Å². The first-order valence-electron chi connectivity index (χ1n) is 13.2. The van der Waals surface area contributed by atoms with Crippen LogP contribution in [-0.2, 0) is 25.5 Å². The standard InChI is InChI=1S/C28H36N4O9/c1-7-41-27(39)11(2)30-15-10-16(31(3)4)13-8-12-9-14-20(32(5)6)23(35)19(26(29)38)25(37)28(14,40)24(36)17(12)22(34)18(13)21(15)33/h10-12,14,20,30,33,35-36,40H,7-9H2,1-6H3,(H2,29,38)/t11?,12-,14-,20-,28-/m0/s1. The van der Waals surface area contributed by atoms with E-state index in [4.69, 9.17) is 10.5 Å². The molecule has 0 aromatic heterocycles. The zero-order valence-electron chi connectivity index (χ0n) is 23.8. The molecule has 1 amide bonds. The summed E-state index contributed by atoms with van der Waals surface area (Å²) in [4.78, 5) is 55.1. The molecule has 0 radical (unpaired) electrons. The topological polar surface area (TPSA) is 203 Å². The van der Waals surface area contributed by atoms with Crippen molar-refractivity contribution in [1.29, 1.82) is 0 Å². The van der Waals surface area contributed by atoms with E-state index >= 15 is 0 Å². The highest BCUT2D eigenvalue weighted by Gasteiger charge is 2.63. The van der Waals surface area contributed by atoms with Crippen molar-refractivity contribution >= 4 is 34.8 Å². The number of likely N-dealkylation sites (N-methyl/N-ethyl adjacent to an activating group) is 1. The maximum atomic E-state index is 14.0. The number of nitrogens with zero attached hydrogens (tertiary/aromatic N) is 2. The number of phenolic OH excluding ortho intramolecular Hbond substituents is 1. The van der Waals surface area contributed by atoms with Crippen LogP contribution in [0.25, 0.3) is 0 Å². The number of fused-ring (bicyclic) bond motifs is 3. The van der Waals surface area contributed by atoms with Crippen molar-refractivity contribution in [3.05, 3.63) is 39.9 Å². The molecule has 1 aromatic rings. The average molecular weight is 573 g/mol. The molecule has 0 heterocycles. The van der Waals surface area contributed by atoms with E-state index in [-0.39, 0.29) is 36.3 Å². The van der Waals surface area contributed by atoms with E-state index in [1.54, 1.807) is 46.1 Å². The number of carbonyl (C=O) groups excluding carboxylic acids is 4. The predicted octanol–water partition coefficient (Wildman–Crippen LogP) is 0.550. The number of aromatic hydroxyl groups is 1. The Hall–Kier alpha value is -4.10. The summed E-state index contributed by atoms with van der Waals surface area (Å²) in [5.74, 6) is -7.83. The highest BCUT2D eigenvalue weighted by molar-refractivity contribution is 6.25. The number of carbonyl (C=O) groups is 4. The molecule has 1 aromatic carbocycles. The third-order valence-electron chi connectivity index (χ3n) is 8.19. The lowest BCUT2D eigenvalue weighted by molar-refractivity contribution is -0.148. The predicted molar refractivity (Wildman–Crippen MR) is 148 cm³/mol. The van der Waals surface area contributed by atoms with Crippen molar-refractivity contribution in [1.82, 2.24) is 4.90 Å². The van der Waals surface area contributed by atoms with Gasteiger partial charge in [0.1, 0.15) is 28.9 Å². The zero-order valence-corrected chi connectivity index (χ0v) is 23.8. The summed E-state index contributed by atoms with van der Waals surface area (Å²) in [5, 5.41) is 48.2. The molecule has 1 unspecified atom stereocenters. The molecule has 13 heteroatoms. The van der Waals surface area contributed by atoms with Crippen molar-refractivity contribution < 1.29 is 44.3 Å². The quantitative estimate of drug-likeness (QED) is 0.151. The van der Waals surface area contributed by atoms with Crippen molar-refractivity contribution in [2.75, 3.05) is 45.0 Å². The van der Waals surface area contributed by atoms with Crippen LogP contribution in [0.2, 0.25) is 0 Å². The van der Waals surface area contributed by atoms with Crippen LogP contribution in [0.4, 0.5) is 11.4 Å². The molecule has 3 aliphatic carbocycles. The Morgan fingerprint density at radius 2 is 1.83 bits per heavy atom. The van der Waals surface area contributed by atoms with Crippen LogP contribution in [0.5, 0.6) is 5.75 Å². The van der Waals surface area contributed by atoms with E-state index in [9.17, 15) is 39.6 Å². The highest BCUT2D eigenvalue weighted by atomic mass is 16.5. The maximum Gasteiger partial charge on any atom is 0.328 e. The van der Waals surface area contributed by atoms with E-state index < -0.39 is 75.8 Å². The van der Waals surface area contributed by atoms with E-state index in [1.807, 2.05) is 0 Å². The Morgan fingerprint density at radius 1 is 1.20 bits per heavy atom. The second kappa shape index (κ2) is 10.4. The Bertz CT molecular complexity index is 1410. The molecule has 0 fully saturated rings. The van der Waals surface area contributed by atoms with Gasteiger partial charge in [-0.25, -0.2) is 4.79 Å². The lowest BCUT2D eigenvalue weighted by Crippen LogP contribution is -2.63. The van der Waals surface area contributed by atoms with Gasteiger partial charge in [-0.3, -0.25) is 19.3 Å². The molecule has 0 aliphatic heterocycles. The third-order valence-corrected chi connectivity index (χ3v) is 8.19. The third kappa shape index (κ3) is 4.39. The van der Waals surface area contributed by atoms with Gasteiger partial charge in [0.25, 0.3) is 5.91 Å². The van der Waals surface area contributed by atoms with E-state index in [1.165, 1.54) is 11.8 Å². The molecular formula is C28H36N4O9. The molecular weight excluding hydrogens is 536 g/mol. The van der Waals surface area contributed by atoms with Crippen molar-refractivity contribution in [3.8, 4) is 5.75 Å². The van der Waals surface area contributed by atoms with Crippen LogP contribution < -0.4 is 16.0 Å². The Kier molecular flexibility index (Phi) is 7.56. The van der Waals surface area contributed by atoms with Crippen LogP contribution in [0, 0.1) is 11.8 Å². The number of phenols is 1. The first-order valence-corrected chi connectivity index (χ1v) is 13.2. The van der Waals surface area contributed by atoms with Gasteiger partial charge in [0.15, 0.2) is 11.4 Å². The summed E-state index contributed by atoms with van der Waals surface area (Å²) in [6.45, 7) is 3.34. The molecule has 4 rings (SSSR count). The molecule has 41 heavy (non-hydrogen) atoms. The summed E-state index contributed by atoms with van der Waals surface area (Å²) in [7, 11) is 6.63. The van der Waals surface area contributed by atoms with Crippen molar-refractivity contribution in [3.63, 3.8) is 0 Å². The number of hydrogen-bond donors (Lipinski definition) is 6. The average Bonchev–Trinajstić information content (AvgIpc) is 2.87. The number of amides is 1. The number of allylic oxidation sites excluding steroid dienone is 1. The van der Waals surface area contributed by atoms with Gasteiger partial charge in [0.2, 0.25) is 5.78 Å². The second-order valence-electron chi connectivity index (χ2n) is 11.1. The Morgan fingerprint density at radius 3 is 2.37 bits per heavy atom. The smallest absolute Gasteiger partial charge is 0.328 e. The maximum absolute atomic E-state index is 14.0. The second-order valence-corrected chi connectivity index (χ2v) is 11.1. The number of nitrogens with one attached hydrogen (secondary N) is 1. The molecule has 0 saturated heterocycles. The number of esters is 1. The number of ether oxygens (including phenoxy) is 1. The minimum absolute atomic E-state index is 0.0146. The van der Waals surface area contributed by atoms with Gasteiger partial charge >= 0.3 is 5.97 Å². The summed E-state index contributed by atoms with van der Waals surface area (Å²) in [6, 6.07) is -0.345. The lowest BCUT2D eigenvalue weighted by Gasteiger charge is -2.50. The molecule has 5 atom stereocenters. The minimum atomic E-state index is -2.72.